The molecular formula is C20H11ClN2O4. The number of rotatable bonds is 4. The van der Waals surface area contributed by atoms with E-state index in [9.17, 15) is 14.9 Å². The number of nitriles is 1. The summed E-state index contributed by atoms with van der Waals surface area (Å²) >= 11 is 5.79. The van der Waals surface area contributed by atoms with Crippen molar-refractivity contribution in [2.24, 2.45) is 0 Å². The first kappa shape index (κ1) is 18.1. The SMILES string of the molecule is N#Cc1ccc(OC(=O)c2ccccc2)nc1OC(=O)c1ccc(Cl)cc1. The fourth-order valence-corrected chi connectivity index (χ4v) is 2.23. The topological polar surface area (TPSA) is 89.3 Å². The molecule has 0 radical (unpaired) electrons. The van der Waals surface area contributed by atoms with Crippen LogP contribution in [0.3, 0.4) is 0 Å². The van der Waals surface area contributed by atoms with Gasteiger partial charge in [0, 0.05) is 11.1 Å². The highest BCUT2D eigenvalue weighted by molar-refractivity contribution is 6.30. The second-order valence-corrected chi connectivity index (χ2v) is 5.70. The Bertz CT molecular complexity index is 1030. The number of carbonyl (C=O) groups excluding carboxylic acids is 2. The van der Waals surface area contributed by atoms with Gasteiger partial charge < -0.3 is 9.47 Å². The van der Waals surface area contributed by atoms with Crippen molar-refractivity contribution < 1.29 is 19.1 Å². The summed E-state index contributed by atoms with van der Waals surface area (Å²) in [5.41, 5.74) is 0.594. The first-order valence-corrected chi connectivity index (χ1v) is 8.11. The van der Waals surface area contributed by atoms with Crippen molar-refractivity contribution in [1.29, 1.82) is 5.26 Å². The molecule has 6 nitrogen and oxygen atoms in total. The van der Waals surface area contributed by atoms with Gasteiger partial charge in [-0.1, -0.05) is 29.8 Å². The molecule has 1 heterocycles. The molecule has 0 spiro atoms. The number of hydrogen-bond donors (Lipinski definition) is 0. The molecule has 7 heteroatoms. The average Bonchev–Trinajstić information content (AvgIpc) is 2.69. The van der Waals surface area contributed by atoms with Crippen LogP contribution in [0.15, 0.2) is 66.7 Å². The molecule has 132 valence electrons. The first-order chi connectivity index (χ1) is 13.1. The highest BCUT2D eigenvalue weighted by Gasteiger charge is 2.16. The van der Waals surface area contributed by atoms with Gasteiger partial charge in [-0.15, -0.1) is 0 Å². The third-order valence-corrected chi connectivity index (χ3v) is 3.68. The number of pyridine rings is 1. The lowest BCUT2D eigenvalue weighted by atomic mass is 10.2. The van der Waals surface area contributed by atoms with Gasteiger partial charge in [0.2, 0.25) is 11.8 Å². The van der Waals surface area contributed by atoms with E-state index >= 15 is 0 Å². The van der Waals surface area contributed by atoms with Crippen LogP contribution in [0.2, 0.25) is 5.02 Å². The molecule has 0 unspecified atom stereocenters. The van der Waals surface area contributed by atoms with E-state index in [0.29, 0.717) is 10.6 Å². The van der Waals surface area contributed by atoms with Crippen molar-refractivity contribution >= 4 is 23.5 Å². The van der Waals surface area contributed by atoms with E-state index in [-0.39, 0.29) is 22.9 Å². The summed E-state index contributed by atoms with van der Waals surface area (Å²) in [6.45, 7) is 0. The molecular weight excluding hydrogens is 368 g/mol. The van der Waals surface area contributed by atoms with Crippen LogP contribution in [-0.4, -0.2) is 16.9 Å². The van der Waals surface area contributed by atoms with Crippen molar-refractivity contribution in [2.45, 2.75) is 0 Å². The van der Waals surface area contributed by atoms with Crippen LogP contribution in [0.25, 0.3) is 0 Å². The number of nitrogens with zero attached hydrogens (tertiary/aromatic N) is 2. The molecule has 0 aliphatic carbocycles. The maximum Gasteiger partial charge on any atom is 0.344 e. The predicted octanol–water partition coefficient (Wildman–Crippen LogP) is 4.05. The highest BCUT2D eigenvalue weighted by atomic mass is 35.5. The normalized spacial score (nSPS) is 9.93. The molecule has 2 aromatic carbocycles. The van der Waals surface area contributed by atoms with E-state index in [4.69, 9.17) is 21.1 Å². The molecule has 3 rings (SSSR count). The summed E-state index contributed by atoms with van der Waals surface area (Å²) in [6.07, 6.45) is 0. The smallest absolute Gasteiger partial charge is 0.344 e. The Labute approximate surface area is 159 Å². The lowest BCUT2D eigenvalue weighted by molar-refractivity contribution is 0.0717. The van der Waals surface area contributed by atoms with Crippen molar-refractivity contribution in [1.82, 2.24) is 4.98 Å². The lowest BCUT2D eigenvalue weighted by Gasteiger charge is -2.08. The fraction of sp³-hybridized carbons (Fsp3) is 0. The van der Waals surface area contributed by atoms with E-state index in [2.05, 4.69) is 4.98 Å². The van der Waals surface area contributed by atoms with E-state index in [1.165, 1.54) is 36.4 Å². The van der Waals surface area contributed by atoms with Crippen molar-refractivity contribution in [3.8, 4) is 17.8 Å². The number of carbonyl (C=O) groups is 2. The summed E-state index contributed by atoms with van der Waals surface area (Å²) in [6, 6.07) is 19.0. The monoisotopic (exact) mass is 378 g/mol. The van der Waals surface area contributed by atoms with Crippen molar-refractivity contribution in [3.05, 3.63) is 88.4 Å². The Hall–Kier alpha value is -3.69. The zero-order chi connectivity index (χ0) is 19.2. The molecule has 27 heavy (non-hydrogen) atoms. The Morgan fingerprint density at radius 2 is 1.48 bits per heavy atom. The molecule has 0 bridgehead atoms. The minimum Gasteiger partial charge on any atom is -0.404 e. The molecule has 0 saturated carbocycles. The minimum absolute atomic E-state index is 0.0248. The van der Waals surface area contributed by atoms with Gasteiger partial charge >= 0.3 is 11.9 Å². The summed E-state index contributed by atoms with van der Waals surface area (Å²) in [5.74, 6) is -1.69. The zero-order valence-corrected chi connectivity index (χ0v) is 14.5. The standard InChI is InChI=1S/C20H11ClN2O4/c21-16-9-6-14(7-10-16)20(25)27-18-15(12-22)8-11-17(23-18)26-19(24)13-4-2-1-3-5-13/h1-11H. The van der Waals surface area contributed by atoms with E-state index in [0.717, 1.165) is 0 Å². The molecule has 0 aliphatic rings. The summed E-state index contributed by atoms with van der Waals surface area (Å²) in [7, 11) is 0. The van der Waals surface area contributed by atoms with Gasteiger partial charge in [-0.25, -0.2) is 9.59 Å². The molecule has 0 saturated heterocycles. The van der Waals surface area contributed by atoms with Gasteiger partial charge in [0.05, 0.1) is 11.1 Å². The third kappa shape index (κ3) is 4.48. The molecule has 0 atom stereocenters. The van der Waals surface area contributed by atoms with Gasteiger partial charge in [-0.3, -0.25) is 0 Å². The maximum absolute atomic E-state index is 12.2. The number of aromatic nitrogens is 1. The maximum atomic E-state index is 12.2. The van der Waals surface area contributed by atoms with E-state index in [1.54, 1.807) is 30.3 Å². The van der Waals surface area contributed by atoms with Gasteiger partial charge in [0.15, 0.2) is 0 Å². The molecule has 0 aliphatic heterocycles. The quantitative estimate of drug-likeness (QED) is 0.636. The second kappa shape index (κ2) is 8.13. The van der Waals surface area contributed by atoms with Crippen LogP contribution in [0, 0.1) is 11.3 Å². The van der Waals surface area contributed by atoms with Gasteiger partial charge in [0.25, 0.3) is 0 Å². The lowest BCUT2D eigenvalue weighted by Crippen LogP contribution is -2.13. The van der Waals surface area contributed by atoms with Crippen molar-refractivity contribution in [2.75, 3.05) is 0 Å². The van der Waals surface area contributed by atoms with Crippen LogP contribution >= 0.6 is 11.6 Å². The first-order valence-electron chi connectivity index (χ1n) is 7.73. The molecule has 3 aromatic rings. The van der Waals surface area contributed by atoms with Gasteiger partial charge in [-0.05, 0) is 42.5 Å². The second-order valence-electron chi connectivity index (χ2n) is 5.27. The van der Waals surface area contributed by atoms with E-state index in [1.807, 2.05) is 6.07 Å². The Morgan fingerprint density at radius 1 is 0.852 bits per heavy atom. The average molecular weight is 379 g/mol. The number of ether oxygens (including phenoxy) is 2. The van der Waals surface area contributed by atoms with Crippen LogP contribution in [0.5, 0.6) is 11.8 Å². The minimum atomic E-state index is -0.720. The molecule has 0 N–H and O–H groups in total. The fourth-order valence-electron chi connectivity index (χ4n) is 2.10. The van der Waals surface area contributed by atoms with Crippen LogP contribution < -0.4 is 9.47 Å². The number of esters is 2. The Morgan fingerprint density at radius 3 is 2.15 bits per heavy atom. The largest absolute Gasteiger partial charge is 0.404 e. The predicted molar refractivity (Wildman–Crippen MR) is 96.8 cm³/mol. The third-order valence-electron chi connectivity index (χ3n) is 3.43. The van der Waals surface area contributed by atoms with Gasteiger partial charge in [0.1, 0.15) is 11.6 Å². The van der Waals surface area contributed by atoms with Crippen molar-refractivity contribution in [3.63, 3.8) is 0 Å². The molecule has 0 amide bonds. The number of benzene rings is 2. The zero-order valence-electron chi connectivity index (χ0n) is 13.8. The number of hydrogen-bond acceptors (Lipinski definition) is 6. The summed E-state index contributed by atoms with van der Waals surface area (Å²) in [5, 5.41) is 9.65. The summed E-state index contributed by atoms with van der Waals surface area (Å²) < 4.78 is 10.4. The highest BCUT2D eigenvalue weighted by Crippen LogP contribution is 2.22. The van der Waals surface area contributed by atoms with E-state index < -0.39 is 11.9 Å². The van der Waals surface area contributed by atoms with Gasteiger partial charge in [-0.2, -0.15) is 10.2 Å². The molecule has 0 fully saturated rings. The Kier molecular flexibility index (Phi) is 5.45. The van der Waals surface area contributed by atoms with Crippen LogP contribution in [0.4, 0.5) is 0 Å². The summed E-state index contributed by atoms with van der Waals surface area (Å²) in [4.78, 5) is 28.3. The number of halogens is 1. The Balaban J connectivity index is 1.81. The van der Waals surface area contributed by atoms with Crippen LogP contribution in [-0.2, 0) is 0 Å². The molecule has 1 aromatic heterocycles. The van der Waals surface area contributed by atoms with Crippen LogP contribution in [0.1, 0.15) is 26.3 Å².